The van der Waals surface area contributed by atoms with Gasteiger partial charge in [-0.1, -0.05) is 12.1 Å². The molecule has 0 atom stereocenters. The summed E-state index contributed by atoms with van der Waals surface area (Å²) in [5.41, 5.74) is 6.00. The Kier molecular flexibility index (Phi) is 4.41. The van der Waals surface area contributed by atoms with Gasteiger partial charge in [0, 0.05) is 12.1 Å². The minimum absolute atomic E-state index is 0.0776. The highest BCUT2D eigenvalue weighted by Gasteiger charge is 2.03. The molecule has 0 unspecified atom stereocenters. The Morgan fingerprint density at radius 3 is 2.50 bits per heavy atom. The molecule has 0 radical (unpaired) electrons. The molecule has 86 valence electrons. The van der Waals surface area contributed by atoms with Gasteiger partial charge in [-0.15, -0.1) is 0 Å². The van der Waals surface area contributed by atoms with Gasteiger partial charge in [0.25, 0.3) is 5.69 Å². The van der Waals surface area contributed by atoms with E-state index in [9.17, 15) is 14.9 Å². The topological polar surface area (TPSA) is 98.3 Å². The fourth-order valence-corrected chi connectivity index (χ4v) is 1.23. The van der Waals surface area contributed by atoms with Crippen molar-refractivity contribution in [2.24, 2.45) is 5.73 Å². The van der Waals surface area contributed by atoms with Crippen molar-refractivity contribution in [2.75, 3.05) is 13.1 Å². The van der Waals surface area contributed by atoms with E-state index < -0.39 is 10.8 Å². The first kappa shape index (κ1) is 12.1. The number of nitro groups is 1. The lowest BCUT2D eigenvalue weighted by Gasteiger charge is -2.02. The average molecular weight is 223 g/mol. The molecule has 0 aliphatic rings. The highest BCUT2D eigenvalue weighted by atomic mass is 16.6. The van der Waals surface area contributed by atoms with E-state index in [1.165, 1.54) is 12.1 Å². The minimum atomic E-state index is -0.435. The maximum absolute atomic E-state index is 10.4. The number of nitrogens with one attached hydrogen (secondary N) is 1. The maximum Gasteiger partial charge on any atom is 0.269 e. The number of nitrogens with zero attached hydrogens (tertiary/aromatic N) is 1. The van der Waals surface area contributed by atoms with Gasteiger partial charge in [-0.25, -0.2) is 0 Å². The molecule has 16 heavy (non-hydrogen) atoms. The molecule has 1 aromatic carbocycles. The van der Waals surface area contributed by atoms with E-state index in [0.717, 1.165) is 5.56 Å². The molecule has 0 fully saturated rings. The average Bonchev–Trinajstić information content (AvgIpc) is 2.25. The summed E-state index contributed by atoms with van der Waals surface area (Å²) in [6.45, 7) is 0.758. The highest BCUT2D eigenvalue weighted by Crippen LogP contribution is 2.11. The molecule has 0 spiro atoms. The molecule has 1 rings (SSSR count). The number of carbonyl (C=O) groups is 1. The van der Waals surface area contributed by atoms with Gasteiger partial charge < -0.3 is 11.1 Å². The van der Waals surface area contributed by atoms with E-state index >= 15 is 0 Å². The minimum Gasteiger partial charge on any atom is -0.369 e. The molecule has 1 amide bonds. The second-order valence-corrected chi connectivity index (χ2v) is 3.32. The molecule has 0 aliphatic carbocycles. The number of nitro benzene ring substituents is 1. The van der Waals surface area contributed by atoms with Gasteiger partial charge in [0.1, 0.15) is 0 Å². The molecule has 0 saturated carbocycles. The van der Waals surface area contributed by atoms with Gasteiger partial charge in [0.15, 0.2) is 0 Å². The van der Waals surface area contributed by atoms with E-state index in [-0.39, 0.29) is 12.2 Å². The molecular weight excluding hydrogens is 210 g/mol. The summed E-state index contributed by atoms with van der Waals surface area (Å²) < 4.78 is 0. The Hall–Kier alpha value is -1.95. The zero-order valence-electron chi connectivity index (χ0n) is 8.68. The molecule has 3 N–H and O–H groups in total. The zero-order valence-corrected chi connectivity index (χ0v) is 8.68. The number of nitrogens with two attached hydrogens (primary N) is 1. The van der Waals surface area contributed by atoms with Crippen molar-refractivity contribution in [3.63, 3.8) is 0 Å². The monoisotopic (exact) mass is 223 g/mol. The van der Waals surface area contributed by atoms with Gasteiger partial charge in [-0.05, 0) is 18.5 Å². The van der Waals surface area contributed by atoms with Crippen molar-refractivity contribution in [1.29, 1.82) is 0 Å². The second-order valence-electron chi connectivity index (χ2n) is 3.32. The predicted octanol–water partition coefficient (Wildman–Crippen LogP) is 0.212. The van der Waals surface area contributed by atoms with Crippen LogP contribution in [-0.2, 0) is 11.2 Å². The summed E-state index contributed by atoms with van der Waals surface area (Å²) in [5, 5.41) is 13.3. The van der Waals surface area contributed by atoms with Crippen molar-refractivity contribution >= 4 is 11.6 Å². The van der Waals surface area contributed by atoms with Crippen LogP contribution >= 0.6 is 0 Å². The Morgan fingerprint density at radius 2 is 2.00 bits per heavy atom. The number of benzene rings is 1. The van der Waals surface area contributed by atoms with Crippen LogP contribution in [0, 0.1) is 10.1 Å². The van der Waals surface area contributed by atoms with Crippen LogP contribution in [-0.4, -0.2) is 23.9 Å². The smallest absolute Gasteiger partial charge is 0.269 e. The Morgan fingerprint density at radius 1 is 1.38 bits per heavy atom. The summed E-state index contributed by atoms with van der Waals surface area (Å²) >= 11 is 0. The van der Waals surface area contributed by atoms with E-state index in [1.54, 1.807) is 12.1 Å². The Labute approximate surface area is 92.6 Å². The summed E-state index contributed by atoms with van der Waals surface area (Å²) in [6, 6.07) is 6.32. The molecule has 0 bridgehead atoms. The van der Waals surface area contributed by atoms with E-state index in [0.29, 0.717) is 13.0 Å². The van der Waals surface area contributed by atoms with Crippen molar-refractivity contribution < 1.29 is 9.72 Å². The number of non-ortho nitro benzene ring substituents is 1. The number of hydrogen-bond donors (Lipinski definition) is 2. The zero-order chi connectivity index (χ0) is 12.0. The van der Waals surface area contributed by atoms with Crippen LogP contribution in [0.15, 0.2) is 24.3 Å². The fraction of sp³-hybridized carbons (Fsp3) is 0.300. The molecule has 0 saturated heterocycles. The number of hydrogen-bond acceptors (Lipinski definition) is 4. The van der Waals surface area contributed by atoms with Crippen LogP contribution in [0.5, 0.6) is 0 Å². The number of amides is 1. The van der Waals surface area contributed by atoms with E-state index in [2.05, 4.69) is 5.32 Å². The summed E-state index contributed by atoms with van der Waals surface area (Å²) in [7, 11) is 0. The van der Waals surface area contributed by atoms with Gasteiger partial charge in [-0.2, -0.15) is 0 Å². The molecule has 1 aromatic rings. The van der Waals surface area contributed by atoms with E-state index in [1.807, 2.05) is 0 Å². The summed E-state index contributed by atoms with van der Waals surface area (Å²) in [4.78, 5) is 20.4. The quantitative estimate of drug-likeness (QED) is 0.409. The van der Waals surface area contributed by atoms with Crippen molar-refractivity contribution in [3.05, 3.63) is 39.9 Å². The molecule has 6 nitrogen and oxygen atoms in total. The lowest BCUT2D eigenvalue weighted by molar-refractivity contribution is -0.384. The van der Waals surface area contributed by atoms with Gasteiger partial charge in [-0.3, -0.25) is 14.9 Å². The first-order valence-corrected chi connectivity index (χ1v) is 4.82. The van der Waals surface area contributed by atoms with Crippen molar-refractivity contribution in [2.45, 2.75) is 6.42 Å². The molecule has 0 heterocycles. The lowest BCUT2D eigenvalue weighted by Crippen LogP contribution is -2.29. The van der Waals surface area contributed by atoms with Crippen LogP contribution in [0.1, 0.15) is 5.56 Å². The third kappa shape index (κ3) is 4.05. The van der Waals surface area contributed by atoms with E-state index in [4.69, 9.17) is 5.73 Å². The Balaban J connectivity index is 2.38. The van der Waals surface area contributed by atoms with Crippen LogP contribution in [0.4, 0.5) is 5.69 Å². The number of rotatable bonds is 6. The summed E-state index contributed by atoms with van der Waals surface area (Å²) in [6.07, 6.45) is 0.700. The van der Waals surface area contributed by atoms with Crippen LogP contribution in [0.3, 0.4) is 0 Å². The maximum atomic E-state index is 10.4. The normalized spacial score (nSPS) is 10.0. The van der Waals surface area contributed by atoms with Gasteiger partial charge >= 0.3 is 0 Å². The largest absolute Gasteiger partial charge is 0.369 e. The van der Waals surface area contributed by atoms with Crippen LogP contribution < -0.4 is 11.1 Å². The predicted molar refractivity (Wildman–Crippen MR) is 58.9 cm³/mol. The van der Waals surface area contributed by atoms with Crippen molar-refractivity contribution in [1.82, 2.24) is 5.32 Å². The fourth-order valence-electron chi connectivity index (χ4n) is 1.23. The first-order valence-electron chi connectivity index (χ1n) is 4.82. The standard InChI is InChI=1S/C10H13N3O3/c11-10(14)7-12-6-5-8-1-3-9(4-2-8)13(15)16/h1-4,12H,5-7H2,(H2,11,14). The molecular formula is C10H13N3O3. The molecule has 0 aromatic heterocycles. The Bertz CT molecular complexity index is 375. The SMILES string of the molecule is NC(=O)CNCCc1ccc([N+](=O)[O-])cc1. The number of carbonyl (C=O) groups excluding carboxylic acids is 1. The van der Waals surface area contributed by atoms with Crippen LogP contribution in [0.25, 0.3) is 0 Å². The second kappa shape index (κ2) is 5.82. The number of primary amides is 1. The third-order valence-corrected chi connectivity index (χ3v) is 2.04. The summed E-state index contributed by atoms with van der Waals surface area (Å²) in [5.74, 6) is -0.399. The van der Waals surface area contributed by atoms with Crippen molar-refractivity contribution in [3.8, 4) is 0 Å². The highest BCUT2D eigenvalue weighted by molar-refractivity contribution is 5.75. The molecule has 0 aliphatic heterocycles. The van der Waals surface area contributed by atoms with Gasteiger partial charge in [0.05, 0.1) is 11.5 Å². The molecule has 6 heteroatoms. The van der Waals surface area contributed by atoms with Crippen LogP contribution in [0.2, 0.25) is 0 Å². The first-order chi connectivity index (χ1) is 7.59. The lowest BCUT2D eigenvalue weighted by atomic mass is 10.1. The third-order valence-electron chi connectivity index (χ3n) is 2.04. The van der Waals surface area contributed by atoms with Gasteiger partial charge in [0.2, 0.25) is 5.91 Å².